The fourth-order valence-corrected chi connectivity index (χ4v) is 4.02. The third-order valence-electron chi connectivity index (χ3n) is 5.59. The Bertz CT molecular complexity index is 1330. The molecule has 0 aliphatic carbocycles. The lowest BCUT2D eigenvalue weighted by Gasteiger charge is -2.14. The number of imidazole rings is 1. The summed E-state index contributed by atoms with van der Waals surface area (Å²) in [6.45, 7) is 3.19. The molecule has 33 heavy (non-hydrogen) atoms. The summed E-state index contributed by atoms with van der Waals surface area (Å²) >= 11 is 0. The maximum atomic E-state index is 12.8. The van der Waals surface area contributed by atoms with Crippen LogP contribution in [0.1, 0.15) is 18.9 Å². The Morgan fingerprint density at radius 1 is 1.00 bits per heavy atom. The molecule has 0 spiro atoms. The Hall–Kier alpha value is -4.01. The molecular weight excluding hydrogens is 422 g/mol. The molecule has 0 saturated heterocycles. The molecule has 1 N–H and O–H groups in total. The van der Waals surface area contributed by atoms with Crippen LogP contribution in [0.15, 0.2) is 59.5 Å². The summed E-state index contributed by atoms with van der Waals surface area (Å²) < 4.78 is 15.9. The van der Waals surface area contributed by atoms with Crippen LogP contribution in [0, 0.1) is 0 Å². The van der Waals surface area contributed by atoms with Crippen LogP contribution >= 0.6 is 0 Å². The summed E-state index contributed by atoms with van der Waals surface area (Å²) in [5.74, 6) is 1.62. The summed E-state index contributed by atoms with van der Waals surface area (Å²) in [5, 5.41) is 7.23. The van der Waals surface area contributed by atoms with E-state index in [4.69, 9.17) is 9.47 Å². The van der Waals surface area contributed by atoms with Crippen molar-refractivity contribution in [2.24, 2.45) is 0 Å². The number of para-hydroxylation sites is 3. The number of nitrogens with one attached hydrogen (secondary N) is 1. The van der Waals surface area contributed by atoms with Gasteiger partial charge < -0.3 is 14.8 Å². The van der Waals surface area contributed by atoms with Crippen molar-refractivity contribution in [2.45, 2.75) is 33.0 Å². The Morgan fingerprint density at radius 2 is 1.76 bits per heavy atom. The van der Waals surface area contributed by atoms with Gasteiger partial charge in [0.15, 0.2) is 11.5 Å². The molecule has 4 rings (SSSR count). The number of carbonyl (C=O) groups is 1. The van der Waals surface area contributed by atoms with Gasteiger partial charge in [-0.25, -0.2) is 9.48 Å². The highest BCUT2D eigenvalue weighted by Gasteiger charge is 2.15. The van der Waals surface area contributed by atoms with Crippen LogP contribution in [-0.2, 0) is 24.4 Å². The minimum absolute atomic E-state index is 0.110. The van der Waals surface area contributed by atoms with Crippen LogP contribution in [0.2, 0.25) is 0 Å². The molecule has 0 bridgehead atoms. The fourth-order valence-electron chi connectivity index (χ4n) is 4.02. The van der Waals surface area contributed by atoms with E-state index in [-0.39, 0.29) is 24.6 Å². The second-order valence-electron chi connectivity index (χ2n) is 7.49. The van der Waals surface area contributed by atoms with E-state index in [1.807, 2.05) is 49.4 Å². The lowest BCUT2D eigenvalue weighted by atomic mass is 10.2. The van der Waals surface area contributed by atoms with E-state index in [0.29, 0.717) is 30.4 Å². The second-order valence-corrected chi connectivity index (χ2v) is 7.49. The zero-order chi connectivity index (χ0) is 23.4. The molecule has 0 atom stereocenters. The van der Waals surface area contributed by atoms with E-state index in [0.717, 1.165) is 16.6 Å². The maximum absolute atomic E-state index is 12.8. The molecule has 0 radical (unpaired) electrons. The molecule has 2 aromatic carbocycles. The number of fused-ring (bicyclic) bond motifs is 1. The summed E-state index contributed by atoms with van der Waals surface area (Å²) in [6.07, 6.45) is 1.78. The molecule has 0 fully saturated rings. The molecule has 1 amide bonds. The first-order chi connectivity index (χ1) is 16.1. The maximum Gasteiger partial charge on any atom is 0.329 e. The first kappa shape index (κ1) is 22.2. The number of amides is 1. The summed E-state index contributed by atoms with van der Waals surface area (Å²) in [5.41, 5.74) is 2.46. The number of hydrogen-bond acceptors (Lipinski definition) is 5. The molecule has 172 valence electrons. The van der Waals surface area contributed by atoms with E-state index in [9.17, 15) is 9.59 Å². The average molecular weight is 450 g/mol. The van der Waals surface area contributed by atoms with Gasteiger partial charge in [-0.3, -0.25) is 13.9 Å². The van der Waals surface area contributed by atoms with Crippen molar-refractivity contribution < 1.29 is 14.3 Å². The molecule has 4 aromatic rings. The van der Waals surface area contributed by atoms with Crippen LogP contribution in [0.5, 0.6) is 11.5 Å². The summed E-state index contributed by atoms with van der Waals surface area (Å²) in [6, 6.07) is 15.0. The van der Waals surface area contributed by atoms with Gasteiger partial charge in [-0.15, -0.1) is 0 Å². The van der Waals surface area contributed by atoms with Gasteiger partial charge in [0.2, 0.25) is 5.91 Å². The van der Waals surface area contributed by atoms with Gasteiger partial charge in [0.25, 0.3) is 0 Å². The Kier molecular flexibility index (Phi) is 6.48. The normalized spacial score (nSPS) is 11.0. The number of anilines is 1. The molecule has 0 saturated carbocycles. The van der Waals surface area contributed by atoms with E-state index >= 15 is 0 Å². The smallest absolute Gasteiger partial charge is 0.329 e. The van der Waals surface area contributed by atoms with Gasteiger partial charge in [0.05, 0.1) is 38.0 Å². The van der Waals surface area contributed by atoms with Crippen molar-refractivity contribution >= 4 is 22.8 Å². The highest BCUT2D eigenvalue weighted by atomic mass is 16.5. The van der Waals surface area contributed by atoms with Crippen LogP contribution in [0.3, 0.4) is 0 Å². The first-order valence-electron chi connectivity index (χ1n) is 10.8. The standard InChI is InChI=1S/C24H27N5O4/c1-4-27-18-9-5-6-10-19(18)28(24(27)31)15-13-22(30)26-21-12-14-25-29(21)16-17-8-7-11-20(32-2)23(17)33-3/h5-12,14H,4,13,15-16H2,1-3H3,(H,26,30). The zero-order valence-corrected chi connectivity index (χ0v) is 18.9. The van der Waals surface area contributed by atoms with Crippen LogP contribution < -0.4 is 20.5 Å². The number of hydrogen-bond donors (Lipinski definition) is 1. The van der Waals surface area contributed by atoms with Gasteiger partial charge >= 0.3 is 5.69 Å². The van der Waals surface area contributed by atoms with Gasteiger partial charge in [-0.1, -0.05) is 24.3 Å². The molecule has 0 unspecified atom stereocenters. The zero-order valence-electron chi connectivity index (χ0n) is 18.9. The number of ether oxygens (including phenoxy) is 2. The predicted octanol–water partition coefficient (Wildman–Crippen LogP) is 3.11. The highest BCUT2D eigenvalue weighted by Crippen LogP contribution is 2.31. The predicted molar refractivity (Wildman–Crippen MR) is 126 cm³/mol. The average Bonchev–Trinajstić information content (AvgIpc) is 3.37. The van der Waals surface area contributed by atoms with E-state index < -0.39 is 0 Å². The Labute approximate surface area is 191 Å². The molecule has 0 aliphatic heterocycles. The summed E-state index contributed by atoms with van der Waals surface area (Å²) in [4.78, 5) is 25.5. The molecule has 9 heteroatoms. The molecule has 2 heterocycles. The molecular formula is C24H27N5O4. The molecule has 9 nitrogen and oxygen atoms in total. The number of rotatable bonds is 9. The van der Waals surface area contributed by atoms with Gasteiger partial charge in [0.1, 0.15) is 5.82 Å². The first-order valence-corrected chi connectivity index (χ1v) is 10.8. The lowest BCUT2D eigenvalue weighted by Crippen LogP contribution is -2.26. The summed E-state index contributed by atoms with van der Waals surface area (Å²) in [7, 11) is 3.18. The Balaban J connectivity index is 1.48. The second kappa shape index (κ2) is 9.64. The van der Waals surface area contributed by atoms with Gasteiger partial charge in [-0.05, 0) is 25.1 Å². The number of benzene rings is 2. The van der Waals surface area contributed by atoms with Crippen molar-refractivity contribution in [3.05, 3.63) is 70.8 Å². The van der Waals surface area contributed by atoms with Gasteiger partial charge in [-0.2, -0.15) is 5.10 Å². The molecule has 0 aliphatic rings. The van der Waals surface area contributed by atoms with Crippen molar-refractivity contribution in [2.75, 3.05) is 19.5 Å². The third-order valence-corrected chi connectivity index (χ3v) is 5.59. The SMILES string of the molecule is CCn1c(=O)n(CCC(=O)Nc2ccnn2Cc2cccc(OC)c2OC)c2ccccc21. The quantitative estimate of drug-likeness (QED) is 0.424. The van der Waals surface area contributed by atoms with Crippen molar-refractivity contribution in [3.63, 3.8) is 0 Å². The van der Waals surface area contributed by atoms with Crippen molar-refractivity contribution in [1.29, 1.82) is 0 Å². The van der Waals surface area contributed by atoms with Crippen LogP contribution in [0.25, 0.3) is 11.0 Å². The minimum Gasteiger partial charge on any atom is -0.493 e. The Morgan fingerprint density at radius 3 is 2.45 bits per heavy atom. The number of carbonyl (C=O) groups excluding carboxylic acids is 1. The number of aryl methyl sites for hydroxylation is 2. The van der Waals surface area contributed by atoms with Gasteiger partial charge in [0, 0.05) is 31.1 Å². The van der Waals surface area contributed by atoms with Crippen LogP contribution in [0.4, 0.5) is 5.82 Å². The van der Waals surface area contributed by atoms with Crippen LogP contribution in [-0.4, -0.2) is 39.0 Å². The minimum atomic E-state index is -0.199. The third kappa shape index (κ3) is 4.34. The topological polar surface area (TPSA) is 92.3 Å². The monoisotopic (exact) mass is 449 g/mol. The number of aromatic nitrogens is 4. The molecule has 2 aromatic heterocycles. The number of methoxy groups -OCH3 is 2. The lowest BCUT2D eigenvalue weighted by molar-refractivity contribution is -0.116. The van der Waals surface area contributed by atoms with E-state index in [1.54, 1.807) is 40.3 Å². The number of nitrogens with zero attached hydrogens (tertiary/aromatic N) is 4. The van der Waals surface area contributed by atoms with E-state index in [2.05, 4.69) is 10.4 Å². The largest absolute Gasteiger partial charge is 0.493 e. The highest BCUT2D eigenvalue weighted by molar-refractivity contribution is 5.90. The van der Waals surface area contributed by atoms with Crippen molar-refractivity contribution in [1.82, 2.24) is 18.9 Å². The van der Waals surface area contributed by atoms with E-state index in [1.165, 1.54) is 0 Å². The van der Waals surface area contributed by atoms with Crippen molar-refractivity contribution in [3.8, 4) is 11.5 Å². The fraction of sp³-hybridized carbons (Fsp3) is 0.292.